The first-order chi connectivity index (χ1) is 7.55. The van der Waals surface area contributed by atoms with E-state index < -0.39 is 10.0 Å². The minimum Gasteiger partial charge on any atom is -0.212 e. The first-order valence-electron chi connectivity index (χ1n) is 6.13. The first kappa shape index (κ1) is 12.7. The smallest absolute Gasteiger partial charge is 0.212 e. The molecule has 0 unspecified atom stereocenters. The van der Waals surface area contributed by atoms with Crippen LogP contribution in [0.3, 0.4) is 0 Å². The van der Waals surface area contributed by atoms with Gasteiger partial charge < -0.3 is 0 Å². The molecular formula is C11H20ClNO2S. The van der Waals surface area contributed by atoms with Gasteiger partial charge in [-0.1, -0.05) is 19.3 Å². The topological polar surface area (TPSA) is 46.2 Å². The van der Waals surface area contributed by atoms with Gasteiger partial charge in [-0.2, -0.15) is 0 Å². The summed E-state index contributed by atoms with van der Waals surface area (Å²) in [6.07, 6.45) is 7.27. The predicted octanol–water partition coefficient (Wildman–Crippen LogP) is 2.26. The highest BCUT2D eigenvalue weighted by Gasteiger charge is 2.37. The molecule has 16 heavy (non-hydrogen) atoms. The fourth-order valence-electron chi connectivity index (χ4n) is 2.46. The SMILES string of the molecule is O=S(=O)(CC1CC1)NC1(CCl)CCCCC1. The van der Waals surface area contributed by atoms with Gasteiger partial charge in [0.2, 0.25) is 10.0 Å². The van der Waals surface area contributed by atoms with E-state index >= 15 is 0 Å². The Morgan fingerprint density at radius 2 is 1.81 bits per heavy atom. The standard InChI is InChI=1S/C11H20ClNO2S/c12-9-11(6-2-1-3-7-11)13-16(14,15)8-10-4-5-10/h10,13H,1-9H2. The molecule has 0 radical (unpaired) electrons. The lowest BCUT2D eigenvalue weighted by Crippen LogP contribution is -2.52. The van der Waals surface area contributed by atoms with E-state index in [4.69, 9.17) is 11.6 Å². The second-order valence-corrected chi connectivity index (χ2v) is 7.34. The van der Waals surface area contributed by atoms with Crippen LogP contribution in [0.5, 0.6) is 0 Å². The minimum atomic E-state index is -3.12. The predicted molar refractivity (Wildman–Crippen MR) is 66.2 cm³/mol. The van der Waals surface area contributed by atoms with Crippen molar-refractivity contribution in [1.82, 2.24) is 4.72 Å². The molecule has 0 bridgehead atoms. The Balaban J connectivity index is 1.98. The maximum absolute atomic E-state index is 11.9. The number of nitrogens with one attached hydrogen (secondary N) is 1. The Morgan fingerprint density at radius 1 is 1.19 bits per heavy atom. The largest absolute Gasteiger partial charge is 0.212 e. The highest BCUT2D eigenvalue weighted by Crippen LogP contribution is 2.33. The van der Waals surface area contributed by atoms with Crippen LogP contribution in [0, 0.1) is 5.92 Å². The summed E-state index contributed by atoms with van der Waals surface area (Å²) in [4.78, 5) is 0. The van der Waals surface area contributed by atoms with Crippen molar-refractivity contribution in [1.29, 1.82) is 0 Å². The average Bonchev–Trinajstić information content (AvgIpc) is 3.01. The number of hydrogen-bond acceptors (Lipinski definition) is 2. The molecule has 0 spiro atoms. The number of alkyl halides is 1. The zero-order valence-corrected chi connectivity index (χ0v) is 11.1. The van der Waals surface area contributed by atoms with Crippen molar-refractivity contribution < 1.29 is 8.42 Å². The van der Waals surface area contributed by atoms with E-state index in [-0.39, 0.29) is 5.54 Å². The molecule has 0 aliphatic heterocycles. The minimum absolute atomic E-state index is 0.297. The molecule has 0 heterocycles. The van der Waals surface area contributed by atoms with Gasteiger partial charge in [-0.25, -0.2) is 13.1 Å². The average molecular weight is 266 g/mol. The zero-order chi connectivity index (χ0) is 11.6. The van der Waals surface area contributed by atoms with E-state index in [1.807, 2.05) is 0 Å². The monoisotopic (exact) mass is 265 g/mol. The van der Waals surface area contributed by atoms with Gasteiger partial charge in [0.1, 0.15) is 0 Å². The summed E-state index contributed by atoms with van der Waals surface area (Å²) in [5, 5.41) is 0. The third-order valence-electron chi connectivity index (χ3n) is 3.59. The summed E-state index contributed by atoms with van der Waals surface area (Å²) in [6.45, 7) is 0. The van der Waals surface area contributed by atoms with E-state index in [0.29, 0.717) is 17.6 Å². The van der Waals surface area contributed by atoms with Crippen LogP contribution in [0.1, 0.15) is 44.9 Å². The van der Waals surface area contributed by atoms with Gasteiger partial charge in [-0.15, -0.1) is 11.6 Å². The number of sulfonamides is 1. The Bertz CT molecular complexity index is 332. The van der Waals surface area contributed by atoms with Crippen LogP contribution in [0.25, 0.3) is 0 Å². The van der Waals surface area contributed by atoms with Crippen LogP contribution in [-0.2, 0) is 10.0 Å². The van der Waals surface area contributed by atoms with E-state index in [9.17, 15) is 8.42 Å². The molecule has 0 aromatic rings. The zero-order valence-electron chi connectivity index (χ0n) is 9.54. The molecular weight excluding hydrogens is 246 g/mol. The van der Waals surface area contributed by atoms with Gasteiger partial charge in [0.05, 0.1) is 5.75 Å². The van der Waals surface area contributed by atoms with E-state index in [2.05, 4.69) is 4.72 Å². The molecule has 0 saturated heterocycles. The maximum Gasteiger partial charge on any atom is 0.212 e. The fraction of sp³-hybridized carbons (Fsp3) is 1.00. The number of halogens is 1. The molecule has 2 aliphatic rings. The molecule has 0 aromatic carbocycles. The fourth-order valence-corrected chi connectivity index (χ4v) is 4.84. The Morgan fingerprint density at radius 3 is 2.31 bits per heavy atom. The second-order valence-electron chi connectivity index (χ2n) is 5.30. The molecule has 2 aliphatic carbocycles. The van der Waals surface area contributed by atoms with Crippen molar-refractivity contribution in [2.24, 2.45) is 5.92 Å². The molecule has 2 fully saturated rings. The molecule has 0 aromatic heterocycles. The molecule has 3 nitrogen and oxygen atoms in total. The molecule has 2 saturated carbocycles. The molecule has 0 amide bonds. The van der Waals surface area contributed by atoms with Gasteiger partial charge >= 0.3 is 0 Å². The maximum atomic E-state index is 11.9. The van der Waals surface area contributed by atoms with Crippen molar-refractivity contribution in [2.45, 2.75) is 50.5 Å². The lowest BCUT2D eigenvalue weighted by atomic mass is 9.84. The van der Waals surface area contributed by atoms with Gasteiger partial charge in [0.25, 0.3) is 0 Å². The van der Waals surface area contributed by atoms with Crippen LogP contribution < -0.4 is 4.72 Å². The summed E-state index contributed by atoms with van der Waals surface area (Å²) in [5.41, 5.74) is -0.354. The first-order valence-corrected chi connectivity index (χ1v) is 8.32. The normalized spacial score (nSPS) is 25.6. The third-order valence-corrected chi connectivity index (χ3v) is 5.76. The summed E-state index contributed by atoms with van der Waals surface area (Å²) < 4.78 is 26.8. The summed E-state index contributed by atoms with van der Waals surface area (Å²) in [6, 6.07) is 0. The third kappa shape index (κ3) is 3.34. The van der Waals surface area contributed by atoms with Crippen molar-refractivity contribution in [2.75, 3.05) is 11.6 Å². The van der Waals surface area contributed by atoms with Crippen molar-refractivity contribution in [3.05, 3.63) is 0 Å². The number of rotatable bonds is 5. The van der Waals surface area contributed by atoms with E-state index in [1.165, 1.54) is 6.42 Å². The van der Waals surface area contributed by atoms with Gasteiger partial charge in [-0.3, -0.25) is 0 Å². The lowest BCUT2D eigenvalue weighted by molar-refractivity contribution is 0.298. The van der Waals surface area contributed by atoms with Gasteiger partial charge in [0, 0.05) is 11.4 Å². The van der Waals surface area contributed by atoms with E-state index in [0.717, 1.165) is 38.5 Å². The van der Waals surface area contributed by atoms with Gasteiger partial charge in [-0.05, 0) is 31.6 Å². The molecule has 0 atom stereocenters. The van der Waals surface area contributed by atoms with Crippen LogP contribution in [0.4, 0.5) is 0 Å². The van der Waals surface area contributed by atoms with Crippen LogP contribution in [-0.4, -0.2) is 25.6 Å². The Hall–Kier alpha value is 0.200. The Kier molecular flexibility index (Phi) is 3.82. The molecule has 5 heteroatoms. The summed E-state index contributed by atoms with van der Waals surface area (Å²) in [5.74, 6) is 1.09. The Labute approximate surface area is 103 Å². The molecule has 1 N–H and O–H groups in total. The van der Waals surface area contributed by atoms with Crippen LogP contribution >= 0.6 is 11.6 Å². The lowest BCUT2D eigenvalue weighted by Gasteiger charge is -2.36. The van der Waals surface area contributed by atoms with Crippen LogP contribution in [0.15, 0.2) is 0 Å². The van der Waals surface area contributed by atoms with Crippen LogP contribution in [0.2, 0.25) is 0 Å². The van der Waals surface area contributed by atoms with Crippen molar-refractivity contribution in [3.8, 4) is 0 Å². The van der Waals surface area contributed by atoms with Crippen molar-refractivity contribution >= 4 is 21.6 Å². The number of hydrogen-bond donors (Lipinski definition) is 1. The molecule has 2 rings (SSSR count). The summed E-state index contributed by atoms with van der Waals surface area (Å²) in [7, 11) is -3.12. The summed E-state index contributed by atoms with van der Waals surface area (Å²) >= 11 is 5.97. The highest BCUT2D eigenvalue weighted by atomic mass is 35.5. The quantitative estimate of drug-likeness (QED) is 0.775. The van der Waals surface area contributed by atoms with E-state index in [1.54, 1.807) is 0 Å². The molecule has 94 valence electrons. The second kappa shape index (κ2) is 4.83. The van der Waals surface area contributed by atoms with Gasteiger partial charge in [0.15, 0.2) is 0 Å². The highest BCUT2D eigenvalue weighted by molar-refractivity contribution is 7.89. The van der Waals surface area contributed by atoms with Crippen molar-refractivity contribution in [3.63, 3.8) is 0 Å².